The average Bonchev–Trinajstić information content (AvgIpc) is 3.44. The van der Waals surface area contributed by atoms with E-state index in [1.807, 2.05) is 24.3 Å². The molecular weight excluding hydrogens is 617 g/mol. The van der Waals surface area contributed by atoms with Crippen molar-refractivity contribution in [3.8, 4) is 78.4 Å². The van der Waals surface area contributed by atoms with Crippen LogP contribution in [-0.4, -0.2) is 9.97 Å². The van der Waals surface area contributed by atoms with Crippen LogP contribution in [0.3, 0.4) is 0 Å². The third-order valence-corrected chi connectivity index (χ3v) is 10.3. The average molecular weight is 653 g/mol. The minimum Gasteiger partial charge on any atom is -0.228 e. The number of benzene rings is 7. The van der Waals surface area contributed by atoms with E-state index >= 15 is 0 Å². The van der Waals surface area contributed by atoms with E-state index in [2.05, 4.69) is 172 Å². The molecule has 2 heteroatoms. The van der Waals surface area contributed by atoms with E-state index in [-0.39, 0.29) is 5.41 Å². The molecule has 7 aromatic carbocycles. The molecule has 1 aliphatic rings. The molecule has 0 aliphatic heterocycles. The van der Waals surface area contributed by atoms with Crippen LogP contribution in [0.5, 0.6) is 0 Å². The van der Waals surface area contributed by atoms with Crippen LogP contribution in [0.4, 0.5) is 0 Å². The van der Waals surface area contributed by atoms with E-state index in [4.69, 9.17) is 9.97 Å². The van der Waals surface area contributed by atoms with Crippen molar-refractivity contribution in [2.45, 2.75) is 19.3 Å². The predicted molar refractivity (Wildman–Crippen MR) is 212 cm³/mol. The van der Waals surface area contributed by atoms with Gasteiger partial charge in [0.25, 0.3) is 0 Å². The van der Waals surface area contributed by atoms with Crippen LogP contribution in [-0.2, 0) is 5.41 Å². The third-order valence-electron chi connectivity index (χ3n) is 10.3. The van der Waals surface area contributed by atoms with Crippen molar-refractivity contribution in [1.82, 2.24) is 9.97 Å². The largest absolute Gasteiger partial charge is 0.228 e. The van der Waals surface area contributed by atoms with Crippen LogP contribution in [0.25, 0.3) is 78.4 Å². The summed E-state index contributed by atoms with van der Waals surface area (Å²) in [5.74, 6) is 0.715. The molecule has 1 aliphatic carbocycles. The molecule has 0 amide bonds. The summed E-state index contributed by atoms with van der Waals surface area (Å²) in [7, 11) is 0. The molecule has 0 saturated heterocycles. The molecule has 0 spiro atoms. The lowest BCUT2D eigenvalue weighted by atomic mass is 9.78. The van der Waals surface area contributed by atoms with Crippen molar-refractivity contribution in [1.29, 1.82) is 0 Å². The normalized spacial score (nSPS) is 12.7. The Bertz CT molecular complexity index is 2510. The molecule has 242 valence electrons. The van der Waals surface area contributed by atoms with E-state index in [1.165, 1.54) is 55.6 Å². The van der Waals surface area contributed by atoms with Gasteiger partial charge in [0.1, 0.15) is 0 Å². The highest BCUT2D eigenvalue weighted by atomic mass is 14.9. The molecule has 9 rings (SSSR count). The van der Waals surface area contributed by atoms with Gasteiger partial charge >= 0.3 is 0 Å². The van der Waals surface area contributed by atoms with Crippen LogP contribution in [0.1, 0.15) is 25.0 Å². The lowest BCUT2D eigenvalue weighted by Gasteiger charge is -2.24. The lowest BCUT2D eigenvalue weighted by molar-refractivity contribution is 0.662. The molecule has 0 unspecified atom stereocenters. The van der Waals surface area contributed by atoms with Gasteiger partial charge in [0.2, 0.25) is 0 Å². The van der Waals surface area contributed by atoms with Crippen LogP contribution >= 0.6 is 0 Å². The maximum absolute atomic E-state index is 5.07. The van der Waals surface area contributed by atoms with Crippen molar-refractivity contribution in [3.05, 3.63) is 193 Å². The minimum absolute atomic E-state index is 0.0703. The second-order valence-electron chi connectivity index (χ2n) is 13.8. The van der Waals surface area contributed by atoms with Crippen molar-refractivity contribution >= 4 is 0 Å². The summed E-state index contributed by atoms with van der Waals surface area (Å²) in [6, 6.07) is 64.8. The smallest absolute Gasteiger partial charge is 0.160 e. The molecule has 0 radical (unpaired) electrons. The summed E-state index contributed by atoms with van der Waals surface area (Å²) in [6.07, 6.45) is 0. The van der Waals surface area contributed by atoms with Crippen molar-refractivity contribution in [3.63, 3.8) is 0 Å². The fourth-order valence-electron chi connectivity index (χ4n) is 7.71. The molecule has 8 aromatic rings. The van der Waals surface area contributed by atoms with Crippen molar-refractivity contribution in [2.75, 3.05) is 0 Å². The highest BCUT2D eigenvalue weighted by molar-refractivity contribution is 5.89. The first kappa shape index (κ1) is 30.7. The molecule has 1 heterocycles. The van der Waals surface area contributed by atoms with Gasteiger partial charge in [-0.2, -0.15) is 0 Å². The number of hydrogen-bond donors (Lipinski definition) is 0. The molecule has 51 heavy (non-hydrogen) atoms. The third kappa shape index (κ3) is 5.56. The zero-order chi connectivity index (χ0) is 34.4. The molecule has 0 atom stereocenters. The number of rotatable bonds is 6. The molecule has 0 fully saturated rings. The number of aromatic nitrogens is 2. The summed E-state index contributed by atoms with van der Waals surface area (Å²) < 4.78 is 0. The number of nitrogens with zero attached hydrogens (tertiary/aromatic N) is 2. The summed E-state index contributed by atoms with van der Waals surface area (Å²) in [6.45, 7) is 4.70. The number of hydrogen-bond acceptors (Lipinski definition) is 2. The van der Waals surface area contributed by atoms with Crippen LogP contribution in [0, 0.1) is 0 Å². The zero-order valence-electron chi connectivity index (χ0n) is 28.7. The second kappa shape index (κ2) is 12.5. The summed E-state index contributed by atoms with van der Waals surface area (Å²) >= 11 is 0. The molecule has 2 nitrogen and oxygen atoms in total. The van der Waals surface area contributed by atoms with E-state index in [1.54, 1.807) is 0 Å². The van der Waals surface area contributed by atoms with E-state index in [0.29, 0.717) is 5.82 Å². The van der Waals surface area contributed by atoms with Gasteiger partial charge in [-0.1, -0.05) is 184 Å². The van der Waals surface area contributed by atoms with Crippen LogP contribution < -0.4 is 0 Å². The monoisotopic (exact) mass is 652 g/mol. The molecule has 0 saturated carbocycles. The first-order valence-electron chi connectivity index (χ1n) is 17.6. The Hall–Kier alpha value is -6.38. The fraction of sp³-hybridized carbons (Fsp3) is 0.0612. The van der Waals surface area contributed by atoms with Crippen molar-refractivity contribution in [2.24, 2.45) is 0 Å². The van der Waals surface area contributed by atoms with Crippen molar-refractivity contribution < 1.29 is 0 Å². The topological polar surface area (TPSA) is 25.8 Å². The fourth-order valence-corrected chi connectivity index (χ4v) is 7.71. The van der Waals surface area contributed by atoms with Gasteiger partial charge in [-0.25, -0.2) is 9.97 Å². The predicted octanol–water partition coefficient (Wildman–Crippen LogP) is 12.8. The van der Waals surface area contributed by atoms with E-state index in [9.17, 15) is 0 Å². The summed E-state index contributed by atoms with van der Waals surface area (Å²) in [4.78, 5) is 10.1. The van der Waals surface area contributed by atoms with Gasteiger partial charge < -0.3 is 0 Å². The first-order chi connectivity index (χ1) is 25.0. The van der Waals surface area contributed by atoms with Gasteiger partial charge in [-0.15, -0.1) is 0 Å². The van der Waals surface area contributed by atoms with E-state index < -0.39 is 0 Å². The quantitative estimate of drug-likeness (QED) is 0.179. The van der Waals surface area contributed by atoms with Crippen LogP contribution in [0.2, 0.25) is 0 Å². The van der Waals surface area contributed by atoms with Gasteiger partial charge in [0.15, 0.2) is 5.82 Å². The SMILES string of the molecule is CC1(C)c2ccccc2-c2cccc(-c3cccc(-c4ccc(-c5cc(-c6ccc(-c7ccccc7)cc6)nc(-c6ccccc6)n5)cc4)c3)c21. The Balaban J connectivity index is 1.07. The van der Waals surface area contributed by atoms with Gasteiger partial charge in [-0.3, -0.25) is 0 Å². The lowest BCUT2D eigenvalue weighted by Crippen LogP contribution is -2.16. The number of fused-ring (bicyclic) bond motifs is 3. The minimum atomic E-state index is -0.0703. The Morgan fingerprint density at radius 2 is 0.784 bits per heavy atom. The standard InChI is InChI=1S/C49H36N2/c1-49(2)44-22-10-9-19-42(44)43-21-12-20-41(47(43)49)40-18-11-17-39(31-40)35-25-29-37(30-26-35)46-32-45(50-48(51-46)38-15-7-4-8-16-38)36-27-23-34(24-28-36)33-13-5-3-6-14-33/h3-32H,1-2H3. The maximum atomic E-state index is 5.07. The Kier molecular flexibility index (Phi) is 7.51. The zero-order valence-corrected chi connectivity index (χ0v) is 28.7. The second-order valence-corrected chi connectivity index (χ2v) is 13.8. The van der Waals surface area contributed by atoms with Gasteiger partial charge in [-0.05, 0) is 67.8 Å². The molecular formula is C49H36N2. The highest BCUT2D eigenvalue weighted by Gasteiger charge is 2.37. The summed E-state index contributed by atoms with van der Waals surface area (Å²) in [5.41, 5.74) is 17.6. The Morgan fingerprint density at radius 1 is 0.333 bits per heavy atom. The highest BCUT2D eigenvalue weighted by Crippen LogP contribution is 2.52. The molecule has 0 N–H and O–H groups in total. The molecule has 0 bridgehead atoms. The molecule has 1 aromatic heterocycles. The first-order valence-corrected chi connectivity index (χ1v) is 17.6. The van der Waals surface area contributed by atoms with Gasteiger partial charge in [0, 0.05) is 22.1 Å². The Morgan fingerprint density at radius 3 is 1.45 bits per heavy atom. The van der Waals surface area contributed by atoms with Gasteiger partial charge in [0.05, 0.1) is 11.4 Å². The maximum Gasteiger partial charge on any atom is 0.160 e. The van der Waals surface area contributed by atoms with Crippen LogP contribution in [0.15, 0.2) is 182 Å². The summed E-state index contributed by atoms with van der Waals surface area (Å²) in [5, 5.41) is 0. The van der Waals surface area contributed by atoms with E-state index in [0.717, 1.165) is 28.1 Å². The Labute approximate surface area is 299 Å².